The van der Waals surface area contributed by atoms with Crippen molar-refractivity contribution in [3.05, 3.63) is 0 Å². The quantitative estimate of drug-likeness (QED) is 0.787. The maximum atomic E-state index is 11.3. The number of nitrogens with zero attached hydrogens (tertiary/aromatic N) is 1. The number of nitriles is 1. The van der Waals surface area contributed by atoms with Crippen LogP contribution in [0.4, 0.5) is 0 Å². The first-order valence-corrected chi connectivity index (χ1v) is 8.30. The molecule has 5 atom stereocenters. The second kappa shape index (κ2) is 5.00. The Labute approximate surface area is 122 Å². The number of ether oxygens (including phenoxy) is 1. The van der Waals surface area contributed by atoms with Crippen molar-refractivity contribution in [3.8, 4) is 6.07 Å². The van der Waals surface area contributed by atoms with Gasteiger partial charge in [0.05, 0.1) is 23.9 Å². The fourth-order valence-corrected chi connectivity index (χ4v) is 4.88. The van der Waals surface area contributed by atoms with Gasteiger partial charge in [0.25, 0.3) is 0 Å². The van der Waals surface area contributed by atoms with Crippen molar-refractivity contribution in [1.29, 1.82) is 5.26 Å². The van der Waals surface area contributed by atoms with Gasteiger partial charge in [0, 0.05) is 0 Å². The number of hydrogen-bond donors (Lipinski definition) is 1. The standard InChI is InChI=1S/C17H27NO2/c1-12(2)13-4-3-8-17(19,9-7-13)16(11-18)10-14-5-6-15(16)20-14/h12-15,19H,3-10H2,1-2H3. The van der Waals surface area contributed by atoms with Crippen molar-refractivity contribution in [2.24, 2.45) is 17.3 Å². The van der Waals surface area contributed by atoms with Crippen LogP contribution in [0.5, 0.6) is 0 Å². The summed E-state index contributed by atoms with van der Waals surface area (Å²) < 4.78 is 5.93. The van der Waals surface area contributed by atoms with Crippen molar-refractivity contribution in [2.75, 3.05) is 0 Å². The Morgan fingerprint density at radius 1 is 1.20 bits per heavy atom. The minimum Gasteiger partial charge on any atom is -0.388 e. The zero-order valence-electron chi connectivity index (χ0n) is 12.8. The van der Waals surface area contributed by atoms with Crippen molar-refractivity contribution in [1.82, 2.24) is 0 Å². The molecule has 3 aliphatic rings. The molecule has 0 amide bonds. The summed E-state index contributed by atoms with van der Waals surface area (Å²) >= 11 is 0. The smallest absolute Gasteiger partial charge is 0.114 e. The van der Waals surface area contributed by atoms with Crippen LogP contribution in [0.15, 0.2) is 0 Å². The second-order valence-electron chi connectivity index (χ2n) is 7.58. The van der Waals surface area contributed by atoms with Crippen LogP contribution in [0, 0.1) is 28.6 Å². The van der Waals surface area contributed by atoms with E-state index in [9.17, 15) is 10.4 Å². The highest BCUT2D eigenvalue weighted by molar-refractivity contribution is 5.21. The molecule has 3 nitrogen and oxygen atoms in total. The highest BCUT2D eigenvalue weighted by Gasteiger charge is 2.63. The lowest BCUT2D eigenvalue weighted by Crippen LogP contribution is -2.52. The fourth-order valence-electron chi connectivity index (χ4n) is 4.88. The first-order valence-electron chi connectivity index (χ1n) is 8.30. The summed E-state index contributed by atoms with van der Waals surface area (Å²) in [6.45, 7) is 4.55. The minimum absolute atomic E-state index is 0.0295. The predicted molar refractivity (Wildman–Crippen MR) is 76.9 cm³/mol. The van der Waals surface area contributed by atoms with Gasteiger partial charge in [0.1, 0.15) is 5.41 Å². The Hall–Kier alpha value is -0.590. The number of hydrogen-bond acceptors (Lipinski definition) is 3. The van der Waals surface area contributed by atoms with Crippen LogP contribution >= 0.6 is 0 Å². The Morgan fingerprint density at radius 3 is 2.55 bits per heavy atom. The van der Waals surface area contributed by atoms with Gasteiger partial charge in [-0.3, -0.25) is 0 Å². The minimum atomic E-state index is -0.828. The zero-order chi connectivity index (χ0) is 14.4. The maximum absolute atomic E-state index is 11.3. The summed E-state index contributed by atoms with van der Waals surface area (Å²) in [6.07, 6.45) is 7.79. The first-order chi connectivity index (χ1) is 9.51. The molecule has 2 aliphatic heterocycles. The molecule has 1 N–H and O–H groups in total. The molecule has 0 aromatic carbocycles. The van der Waals surface area contributed by atoms with Crippen molar-refractivity contribution in [3.63, 3.8) is 0 Å². The summed E-state index contributed by atoms with van der Waals surface area (Å²) in [5, 5.41) is 21.2. The van der Waals surface area contributed by atoms with E-state index >= 15 is 0 Å². The molecule has 1 aliphatic carbocycles. The molecule has 0 spiro atoms. The summed E-state index contributed by atoms with van der Waals surface area (Å²) in [5.74, 6) is 1.37. The average Bonchev–Trinajstić information content (AvgIpc) is 2.97. The molecule has 2 bridgehead atoms. The second-order valence-corrected chi connectivity index (χ2v) is 7.58. The molecule has 2 heterocycles. The Balaban J connectivity index is 1.83. The molecule has 20 heavy (non-hydrogen) atoms. The van der Waals surface area contributed by atoms with Gasteiger partial charge in [0.15, 0.2) is 0 Å². The van der Waals surface area contributed by atoms with Crippen LogP contribution in [-0.2, 0) is 4.74 Å². The fraction of sp³-hybridized carbons (Fsp3) is 0.941. The van der Waals surface area contributed by atoms with Crippen LogP contribution in [0.2, 0.25) is 0 Å². The lowest BCUT2D eigenvalue weighted by atomic mass is 9.61. The van der Waals surface area contributed by atoms with Gasteiger partial charge >= 0.3 is 0 Å². The van der Waals surface area contributed by atoms with Crippen molar-refractivity contribution in [2.45, 2.75) is 83.0 Å². The Kier molecular flexibility index (Phi) is 3.59. The van der Waals surface area contributed by atoms with E-state index in [0.29, 0.717) is 11.8 Å². The number of rotatable bonds is 2. The monoisotopic (exact) mass is 277 g/mol. The van der Waals surface area contributed by atoms with Crippen molar-refractivity contribution < 1.29 is 9.84 Å². The highest BCUT2D eigenvalue weighted by atomic mass is 16.5. The summed E-state index contributed by atoms with van der Waals surface area (Å²) in [7, 11) is 0. The molecular formula is C17H27NO2. The Bertz CT molecular complexity index is 416. The molecule has 0 aromatic rings. The third-order valence-corrected chi connectivity index (χ3v) is 6.27. The van der Waals surface area contributed by atoms with E-state index in [0.717, 1.165) is 44.9 Å². The van der Waals surface area contributed by atoms with Gasteiger partial charge in [-0.2, -0.15) is 5.26 Å². The number of aliphatic hydroxyl groups is 1. The van der Waals surface area contributed by atoms with E-state index < -0.39 is 11.0 Å². The largest absolute Gasteiger partial charge is 0.388 e. The van der Waals surface area contributed by atoms with Gasteiger partial charge < -0.3 is 9.84 Å². The molecule has 1 saturated carbocycles. The molecule has 112 valence electrons. The molecule has 5 unspecified atom stereocenters. The van der Waals surface area contributed by atoms with Gasteiger partial charge in [-0.25, -0.2) is 0 Å². The van der Waals surface area contributed by atoms with E-state index in [1.807, 2.05) is 0 Å². The van der Waals surface area contributed by atoms with Crippen LogP contribution in [0.3, 0.4) is 0 Å². The van der Waals surface area contributed by atoms with E-state index in [2.05, 4.69) is 19.9 Å². The summed E-state index contributed by atoms with van der Waals surface area (Å²) in [4.78, 5) is 0. The normalized spacial score (nSPS) is 48.2. The van der Waals surface area contributed by atoms with Gasteiger partial charge in [0.2, 0.25) is 0 Å². The summed E-state index contributed by atoms with van der Waals surface area (Å²) in [6, 6.07) is 2.52. The summed E-state index contributed by atoms with van der Waals surface area (Å²) in [5.41, 5.74) is -1.47. The zero-order valence-corrected chi connectivity index (χ0v) is 12.8. The SMILES string of the molecule is CC(C)C1CCCC(O)(C2(C#N)CC3CCC2O3)CC1. The number of fused-ring (bicyclic) bond motifs is 2. The van der Waals surface area contributed by atoms with E-state index in [4.69, 9.17) is 4.74 Å². The lowest BCUT2D eigenvalue weighted by molar-refractivity contribution is -0.0953. The topological polar surface area (TPSA) is 53.2 Å². The first kappa shape index (κ1) is 14.4. The van der Waals surface area contributed by atoms with Crippen LogP contribution in [-0.4, -0.2) is 22.9 Å². The third kappa shape index (κ3) is 2.00. The average molecular weight is 277 g/mol. The van der Waals surface area contributed by atoms with Gasteiger partial charge in [-0.05, 0) is 50.4 Å². The molecule has 0 aromatic heterocycles. The molecular weight excluding hydrogens is 250 g/mol. The van der Waals surface area contributed by atoms with Crippen LogP contribution in [0.1, 0.15) is 65.2 Å². The van der Waals surface area contributed by atoms with Gasteiger partial charge in [-0.1, -0.05) is 26.7 Å². The molecule has 3 fully saturated rings. The van der Waals surface area contributed by atoms with E-state index in [1.54, 1.807) is 0 Å². The molecule has 2 saturated heterocycles. The van der Waals surface area contributed by atoms with Crippen LogP contribution in [0.25, 0.3) is 0 Å². The third-order valence-electron chi connectivity index (χ3n) is 6.27. The molecule has 0 radical (unpaired) electrons. The van der Waals surface area contributed by atoms with Gasteiger partial charge in [-0.15, -0.1) is 0 Å². The Morgan fingerprint density at radius 2 is 2.00 bits per heavy atom. The van der Waals surface area contributed by atoms with Crippen molar-refractivity contribution >= 4 is 0 Å². The van der Waals surface area contributed by atoms with E-state index in [-0.39, 0.29) is 12.2 Å². The van der Waals surface area contributed by atoms with Crippen LogP contribution < -0.4 is 0 Å². The lowest BCUT2D eigenvalue weighted by Gasteiger charge is -2.43. The predicted octanol–water partition coefficient (Wildman–Crippen LogP) is 3.42. The molecule has 3 rings (SSSR count). The van der Waals surface area contributed by atoms with E-state index in [1.165, 1.54) is 6.42 Å². The highest BCUT2D eigenvalue weighted by Crippen LogP contribution is 2.57. The molecule has 3 heteroatoms. The maximum Gasteiger partial charge on any atom is 0.114 e.